The Labute approximate surface area is 165 Å². The number of rotatable bonds is 10. The summed E-state index contributed by atoms with van der Waals surface area (Å²) >= 11 is 0. The van der Waals surface area contributed by atoms with Gasteiger partial charge in [0.2, 0.25) is 0 Å². The molecule has 0 saturated heterocycles. The van der Waals surface area contributed by atoms with E-state index in [9.17, 15) is 19.2 Å². The molecule has 0 spiro atoms. The van der Waals surface area contributed by atoms with E-state index in [0.29, 0.717) is 12.5 Å². The van der Waals surface area contributed by atoms with E-state index < -0.39 is 36.3 Å². The van der Waals surface area contributed by atoms with Gasteiger partial charge in [-0.15, -0.1) is 0 Å². The zero-order chi connectivity index (χ0) is 20.7. The fourth-order valence-corrected chi connectivity index (χ4v) is 3.17. The second-order valence-electron chi connectivity index (χ2n) is 7.03. The van der Waals surface area contributed by atoms with Gasteiger partial charge < -0.3 is 10.1 Å². The standard InChI is InChI=1S/C21H28N2O5/c1-4-6-9-15(5-2)12-22-18(24)13-28-21(27)14(3)23-19(25)16-10-7-8-11-17(16)20(23)26/h7-8,10-11,14-15H,4-6,9,12-13H2,1-3H3,(H,22,24)/t14-,15+/m1/s1. The Kier molecular flexibility index (Phi) is 7.72. The molecule has 2 rings (SSSR count). The van der Waals surface area contributed by atoms with Crippen LogP contribution in [0.5, 0.6) is 0 Å². The van der Waals surface area contributed by atoms with Crippen LogP contribution >= 0.6 is 0 Å². The number of carbonyl (C=O) groups excluding carboxylic acids is 4. The van der Waals surface area contributed by atoms with Crippen molar-refractivity contribution in [3.63, 3.8) is 0 Å². The van der Waals surface area contributed by atoms with Crippen LogP contribution in [0, 0.1) is 5.92 Å². The van der Waals surface area contributed by atoms with Crippen molar-refractivity contribution < 1.29 is 23.9 Å². The molecule has 7 nitrogen and oxygen atoms in total. The third-order valence-electron chi connectivity index (χ3n) is 5.03. The first-order valence-corrected chi connectivity index (χ1v) is 9.80. The highest BCUT2D eigenvalue weighted by Crippen LogP contribution is 2.24. The minimum Gasteiger partial charge on any atom is -0.454 e. The van der Waals surface area contributed by atoms with Crippen molar-refractivity contribution in [1.82, 2.24) is 10.2 Å². The zero-order valence-electron chi connectivity index (χ0n) is 16.7. The largest absolute Gasteiger partial charge is 0.454 e. The summed E-state index contributed by atoms with van der Waals surface area (Å²) in [7, 11) is 0. The molecule has 1 aromatic carbocycles. The Balaban J connectivity index is 1.84. The molecule has 0 bridgehead atoms. The predicted molar refractivity (Wildman–Crippen MR) is 104 cm³/mol. The van der Waals surface area contributed by atoms with Crippen LogP contribution in [0.2, 0.25) is 0 Å². The summed E-state index contributed by atoms with van der Waals surface area (Å²) in [6.45, 7) is 5.73. The maximum absolute atomic E-state index is 12.4. The first-order chi connectivity index (χ1) is 13.4. The monoisotopic (exact) mass is 388 g/mol. The quantitative estimate of drug-likeness (QED) is 0.491. The molecule has 7 heteroatoms. The van der Waals surface area contributed by atoms with Crippen LogP contribution in [0.1, 0.15) is 67.2 Å². The Hall–Kier alpha value is -2.70. The highest BCUT2D eigenvalue weighted by atomic mass is 16.5. The second-order valence-corrected chi connectivity index (χ2v) is 7.03. The number of esters is 1. The van der Waals surface area contributed by atoms with E-state index in [1.165, 1.54) is 6.92 Å². The number of hydrogen-bond donors (Lipinski definition) is 1. The summed E-state index contributed by atoms with van der Waals surface area (Å²) < 4.78 is 5.02. The first-order valence-electron chi connectivity index (χ1n) is 9.80. The molecule has 152 valence electrons. The molecule has 0 radical (unpaired) electrons. The number of hydrogen-bond acceptors (Lipinski definition) is 5. The zero-order valence-corrected chi connectivity index (χ0v) is 16.7. The van der Waals surface area contributed by atoms with Crippen LogP contribution in [0.25, 0.3) is 0 Å². The van der Waals surface area contributed by atoms with Gasteiger partial charge in [-0.3, -0.25) is 19.3 Å². The van der Waals surface area contributed by atoms with E-state index in [1.807, 2.05) is 0 Å². The normalized spacial score (nSPS) is 15.2. The van der Waals surface area contributed by atoms with Crippen LogP contribution in [0.3, 0.4) is 0 Å². The average Bonchev–Trinajstić information content (AvgIpc) is 2.96. The Morgan fingerprint density at radius 2 is 1.71 bits per heavy atom. The molecular formula is C21H28N2O5. The number of fused-ring (bicyclic) bond motifs is 1. The summed E-state index contributed by atoms with van der Waals surface area (Å²) in [6.07, 6.45) is 4.24. The van der Waals surface area contributed by atoms with E-state index in [-0.39, 0.29) is 11.1 Å². The fraction of sp³-hybridized carbons (Fsp3) is 0.524. The lowest BCUT2D eigenvalue weighted by Crippen LogP contribution is -2.44. The van der Waals surface area contributed by atoms with Gasteiger partial charge in [0.25, 0.3) is 17.7 Å². The number of amides is 3. The number of benzene rings is 1. The van der Waals surface area contributed by atoms with Crippen LogP contribution in [0.15, 0.2) is 24.3 Å². The summed E-state index contributed by atoms with van der Waals surface area (Å²) in [4.78, 5) is 49.9. The molecule has 0 saturated carbocycles. The number of imide groups is 1. The molecule has 0 aromatic heterocycles. The molecule has 2 atom stereocenters. The van der Waals surface area contributed by atoms with Crippen molar-refractivity contribution in [2.45, 2.75) is 52.5 Å². The van der Waals surface area contributed by atoms with E-state index in [1.54, 1.807) is 24.3 Å². The second kappa shape index (κ2) is 10.0. The minimum absolute atomic E-state index is 0.266. The maximum Gasteiger partial charge on any atom is 0.329 e. The number of carbonyl (C=O) groups is 4. The molecule has 28 heavy (non-hydrogen) atoms. The fourth-order valence-electron chi connectivity index (χ4n) is 3.17. The van der Waals surface area contributed by atoms with Crippen molar-refractivity contribution in [1.29, 1.82) is 0 Å². The lowest BCUT2D eigenvalue weighted by atomic mass is 9.99. The van der Waals surface area contributed by atoms with Gasteiger partial charge >= 0.3 is 5.97 Å². The third-order valence-corrected chi connectivity index (χ3v) is 5.03. The van der Waals surface area contributed by atoms with Gasteiger partial charge in [-0.2, -0.15) is 0 Å². The van der Waals surface area contributed by atoms with E-state index in [4.69, 9.17) is 4.74 Å². The maximum atomic E-state index is 12.4. The van der Waals surface area contributed by atoms with Crippen molar-refractivity contribution in [3.05, 3.63) is 35.4 Å². The van der Waals surface area contributed by atoms with E-state index in [2.05, 4.69) is 19.2 Å². The van der Waals surface area contributed by atoms with Gasteiger partial charge in [0.05, 0.1) is 11.1 Å². The number of unbranched alkanes of at least 4 members (excludes halogenated alkanes) is 1. The van der Waals surface area contributed by atoms with Crippen LogP contribution in [0.4, 0.5) is 0 Å². The van der Waals surface area contributed by atoms with E-state index >= 15 is 0 Å². The number of ether oxygens (including phenoxy) is 1. The summed E-state index contributed by atoms with van der Waals surface area (Å²) in [5.74, 6) is -1.84. The van der Waals surface area contributed by atoms with Crippen molar-refractivity contribution >= 4 is 23.7 Å². The van der Waals surface area contributed by atoms with Gasteiger partial charge in [-0.25, -0.2) is 4.79 Å². The Bertz CT molecular complexity index is 711. The van der Waals surface area contributed by atoms with Gasteiger partial charge in [0.15, 0.2) is 6.61 Å². The van der Waals surface area contributed by atoms with Crippen LogP contribution in [-0.4, -0.2) is 47.8 Å². The van der Waals surface area contributed by atoms with E-state index in [0.717, 1.165) is 30.6 Å². The molecule has 1 aliphatic heterocycles. The summed E-state index contributed by atoms with van der Waals surface area (Å²) in [6, 6.07) is 5.30. The van der Waals surface area contributed by atoms with Crippen LogP contribution < -0.4 is 5.32 Å². The molecule has 1 heterocycles. The van der Waals surface area contributed by atoms with Crippen LogP contribution in [-0.2, 0) is 14.3 Å². The number of nitrogens with zero attached hydrogens (tertiary/aromatic N) is 1. The third kappa shape index (κ3) is 4.97. The molecule has 0 unspecified atom stereocenters. The molecule has 0 aliphatic carbocycles. The SMILES string of the molecule is CCCC[C@H](CC)CNC(=O)COC(=O)[C@@H](C)N1C(=O)c2ccccc2C1=O. The predicted octanol–water partition coefficient (Wildman–Crippen LogP) is 2.55. The average molecular weight is 388 g/mol. The Morgan fingerprint density at radius 3 is 2.25 bits per heavy atom. The molecule has 1 aromatic rings. The lowest BCUT2D eigenvalue weighted by molar-refractivity contribution is -0.151. The van der Waals surface area contributed by atoms with Gasteiger partial charge in [0.1, 0.15) is 6.04 Å². The molecular weight excluding hydrogens is 360 g/mol. The van der Waals surface area contributed by atoms with Crippen molar-refractivity contribution in [2.75, 3.05) is 13.2 Å². The molecule has 1 aliphatic rings. The van der Waals surface area contributed by atoms with Gasteiger partial charge in [0, 0.05) is 6.54 Å². The van der Waals surface area contributed by atoms with Gasteiger partial charge in [-0.1, -0.05) is 45.2 Å². The smallest absolute Gasteiger partial charge is 0.329 e. The molecule has 3 amide bonds. The van der Waals surface area contributed by atoms with Crippen molar-refractivity contribution in [2.24, 2.45) is 5.92 Å². The van der Waals surface area contributed by atoms with Gasteiger partial charge in [-0.05, 0) is 31.4 Å². The Morgan fingerprint density at radius 1 is 1.11 bits per heavy atom. The minimum atomic E-state index is -1.10. The number of nitrogens with one attached hydrogen (secondary N) is 1. The topological polar surface area (TPSA) is 92.8 Å². The highest BCUT2D eigenvalue weighted by Gasteiger charge is 2.41. The highest BCUT2D eigenvalue weighted by molar-refractivity contribution is 6.22. The molecule has 1 N–H and O–H groups in total. The summed E-state index contributed by atoms with van der Waals surface area (Å²) in [5.41, 5.74) is 0.533. The first kappa shape index (κ1) is 21.6. The van der Waals surface area contributed by atoms with Crippen molar-refractivity contribution in [3.8, 4) is 0 Å². The summed E-state index contributed by atoms with van der Waals surface area (Å²) in [5, 5.41) is 2.77. The lowest BCUT2D eigenvalue weighted by Gasteiger charge is -2.21. The molecule has 0 fully saturated rings.